The molecule has 10 rings (SSSR count). The molecule has 5 heteroatoms. The molecule has 3 unspecified atom stereocenters. The maximum Gasteiger partial charge on any atom is 0.146 e. The molecule has 4 nitrogen and oxygen atoms in total. The molecule has 0 saturated carbocycles. The Kier molecular flexibility index (Phi) is 9.46. The maximum absolute atomic E-state index is 6.40. The van der Waals surface area contributed by atoms with Gasteiger partial charge in [-0.3, -0.25) is 0 Å². The molecular weight excluding hydrogens is 822 g/mol. The van der Waals surface area contributed by atoms with E-state index >= 15 is 0 Å². The van der Waals surface area contributed by atoms with Crippen LogP contribution in [-0.2, 0) is 10.2 Å². The Hall–Kier alpha value is -5.97. The highest BCUT2D eigenvalue weighted by Gasteiger charge is 2.46. The quantitative estimate of drug-likeness (QED) is 0.0669. The second-order valence-corrected chi connectivity index (χ2v) is 16.9. The average molecular weight is 866 g/mol. The van der Waals surface area contributed by atoms with E-state index in [-0.39, 0.29) is 15.5 Å². The Morgan fingerprint density at radius 3 is 2.62 bits per heavy atom. The monoisotopic (exact) mass is 865 g/mol. The van der Waals surface area contributed by atoms with Gasteiger partial charge in [0, 0.05) is 34.6 Å². The number of nitrogens with zero attached hydrogens (tertiary/aromatic N) is 3. The lowest BCUT2D eigenvalue weighted by atomic mass is 9.76. The molecule has 0 bridgehead atoms. The highest BCUT2D eigenvalue weighted by atomic mass is 127. The fourth-order valence-electron chi connectivity index (χ4n) is 9.28. The lowest BCUT2D eigenvalue weighted by Crippen LogP contribution is -2.40. The van der Waals surface area contributed by atoms with Gasteiger partial charge in [0.1, 0.15) is 15.6 Å². The van der Waals surface area contributed by atoms with Gasteiger partial charge >= 0.3 is 0 Å². The number of alkyl halides is 1. The van der Waals surface area contributed by atoms with E-state index in [1.165, 1.54) is 50.2 Å². The first kappa shape index (κ1) is 36.4. The fraction of sp³-hybridized carbons (Fsp3) is 0.170. The largest absolute Gasteiger partial charge is 0.458 e. The van der Waals surface area contributed by atoms with Crippen LogP contribution in [0.5, 0.6) is 0 Å². The van der Waals surface area contributed by atoms with Crippen molar-refractivity contribution in [1.29, 1.82) is 0 Å². The van der Waals surface area contributed by atoms with Crippen molar-refractivity contribution in [2.45, 2.75) is 55.0 Å². The van der Waals surface area contributed by atoms with Gasteiger partial charge in [0.05, 0.1) is 23.1 Å². The zero-order chi connectivity index (χ0) is 39.2. The van der Waals surface area contributed by atoms with Gasteiger partial charge < -0.3 is 19.4 Å². The molecule has 5 aliphatic rings. The third kappa shape index (κ3) is 6.31. The van der Waals surface area contributed by atoms with E-state index in [0.717, 1.165) is 54.3 Å². The zero-order valence-corrected chi connectivity index (χ0v) is 34.9. The average Bonchev–Trinajstić information content (AvgIpc) is 3.53. The maximum atomic E-state index is 6.40. The summed E-state index contributed by atoms with van der Waals surface area (Å²) in [5.74, 6) is 2.09. The third-order valence-electron chi connectivity index (χ3n) is 12.1. The summed E-state index contributed by atoms with van der Waals surface area (Å²) in [6.07, 6.45) is 28.9. The van der Waals surface area contributed by atoms with Crippen molar-refractivity contribution < 1.29 is 4.74 Å². The van der Waals surface area contributed by atoms with Gasteiger partial charge in [0.15, 0.2) is 0 Å². The Balaban J connectivity index is 0.984. The predicted molar refractivity (Wildman–Crippen MR) is 248 cm³/mol. The summed E-state index contributed by atoms with van der Waals surface area (Å²) in [7, 11) is 0. The Bertz CT molecular complexity index is 2660. The van der Waals surface area contributed by atoms with Crippen molar-refractivity contribution in [3.8, 4) is 11.1 Å². The van der Waals surface area contributed by atoms with Crippen LogP contribution in [0.15, 0.2) is 199 Å². The van der Waals surface area contributed by atoms with Crippen LogP contribution in [0.1, 0.15) is 45.1 Å². The van der Waals surface area contributed by atoms with Crippen molar-refractivity contribution in [2.24, 2.45) is 0 Å². The van der Waals surface area contributed by atoms with E-state index in [1.807, 2.05) is 12.1 Å². The Morgan fingerprint density at radius 2 is 1.74 bits per heavy atom. The van der Waals surface area contributed by atoms with Crippen molar-refractivity contribution in [1.82, 2.24) is 4.90 Å². The normalized spacial score (nSPS) is 21.2. The van der Waals surface area contributed by atoms with Crippen molar-refractivity contribution >= 4 is 56.1 Å². The summed E-state index contributed by atoms with van der Waals surface area (Å²) < 4.78 is 6.54. The summed E-state index contributed by atoms with van der Waals surface area (Å²) in [4.78, 5) is 7.30. The van der Waals surface area contributed by atoms with Crippen LogP contribution in [0, 0.1) is 12.1 Å². The predicted octanol–water partition coefficient (Wildman–Crippen LogP) is 13.8. The Morgan fingerprint density at radius 1 is 0.914 bits per heavy atom. The molecule has 0 aromatic heterocycles. The molecule has 2 heterocycles. The molecule has 3 atom stereocenters. The summed E-state index contributed by atoms with van der Waals surface area (Å²) >= 11 is 2.58. The highest BCUT2D eigenvalue weighted by molar-refractivity contribution is 14.1. The number of hydrogen-bond donors (Lipinski definition) is 0. The summed E-state index contributed by atoms with van der Waals surface area (Å²) in [5, 5.41) is 2.50. The lowest BCUT2D eigenvalue weighted by molar-refractivity contribution is 0.231. The number of allylic oxidation sites excluding steroid dienone is 11. The van der Waals surface area contributed by atoms with Crippen LogP contribution >= 0.6 is 22.6 Å². The van der Waals surface area contributed by atoms with Gasteiger partial charge in [0.25, 0.3) is 0 Å². The molecular formula is C53H44IN3O. The van der Waals surface area contributed by atoms with Gasteiger partial charge in [-0.1, -0.05) is 138 Å². The first-order chi connectivity index (χ1) is 28.5. The molecule has 5 aromatic carbocycles. The van der Waals surface area contributed by atoms with Crippen LogP contribution in [0.3, 0.4) is 0 Å². The SMILES string of the molecule is C/C(=C\C=C/C(I)N1C2=C(CCC=C2)OC2=C1CCC=C2)N1c2ccc(N(c3c#cccc3)c3ccc(-c4cccc5ccccc45)cc3)cc2C2(C)C=CC=CC12. The van der Waals surface area contributed by atoms with E-state index in [0.29, 0.717) is 0 Å². The number of ether oxygens (including phenoxy) is 1. The van der Waals surface area contributed by atoms with Gasteiger partial charge in [-0.05, 0) is 127 Å². The topological polar surface area (TPSA) is 19.0 Å². The van der Waals surface area contributed by atoms with Crippen LogP contribution in [0.4, 0.5) is 22.7 Å². The number of fused-ring (bicyclic) bond motifs is 4. The first-order valence-electron chi connectivity index (χ1n) is 20.3. The molecule has 58 heavy (non-hydrogen) atoms. The van der Waals surface area contributed by atoms with Crippen LogP contribution in [0.25, 0.3) is 21.9 Å². The van der Waals surface area contributed by atoms with Gasteiger partial charge in [-0.25, -0.2) is 0 Å². The number of halogens is 1. The van der Waals surface area contributed by atoms with E-state index < -0.39 is 0 Å². The minimum atomic E-state index is -0.220. The number of benzene rings is 4. The van der Waals surface area contributed by atoms with Crippen LogP contribution < -0.4 is 9.80 Å². The molecule has 0 fully saturated rings. The highest BCUT2D eigenvalue weighted by Crippen LogP contribution is 2.52. The second-order valence-electron chi connectivity index (χ2n) is 15.7. The fourth-order valence-corrected chi connectivity index (χ4v) is 10.2. The minimum Gasteiger partial charge on any atom is -0.458 e. The van der Waals surface area contributed by atoms with E-state index in [1.54, 1.807) is 0 Å². The van der Waals surface area contributed by atoms with Crippen molar-refractivity contribution in [2.75, 3.05) is 9.80 Å². The minimum absolute atomic E-state index is 0.144. The van der Waals surface area contributed by atoms with Crippen molar-refractivity contribution in [3.05, 3.63) is 216 Å². The number of anilines is 4. The third-order valence-corrected chi connectivity index (χ3v) is 13.1. The molecule has 2 aliphatic heterocycles. The second kappa shape index (κ2) is 15.1. The Labute approximate surface area is 356 Å². The molecule has 0 amide bonds. The molecule has 0 saturated heterocycles. The molecule has 5 aromatic rings. The van der Waals surface area contributed by atoms with Gasteiger partial charge in [-0.15, -0.1) is 0 Å². The summed E-state index contributed by atoms with van der Waals surface area (Å²) in [6.45, 7) is 4.62. The van der Waals surface area contributed by atoms with E-state index in [9.17, 15) is 0 Å². The van der Waals surface area contributed by atoms with E-state index in [4.69, 9.17) is 4.74 Å². The summed E-state index contributed by atoms with van der Waals surface area (Å²) in [5.41, 5.74) is 11.5. The molecule has 0 radical (unpaired) electrons. The van der Waals surface area contributed by atoms with Crippen molar-refractivity contribution in [3.63, 3.8) is 0 Å². The van der Waals surface area contributed by atoms with E-state index in [2.05, 4.69) is 221 Å². The smallest absolute Gasteiger partial charge is 0.146 e. The lowest BCUT2D eigenvalue weighted by Gasteiger charge is -2.39. The van der Waals surface area contributed by atoms with Crippen LogP contribution in [-0.4, -0.2) is 15.0 Å². The molecule has 0 N–H and O–H groups in total. The standard InChI is InChI=1S/C53H44IN3O/c1-37(16-14-28-52(54)57-47-23-8-10-25-49(47)58-50-26-11-9-24-48(50)57)55-46-34-33-42(36-45(46)53(2)35-13-12-27-51(53)55)56(40-19-4-3-5-20-40)41-31-29-39(30-32-41)44-22-15-18-38-17-6-7-21-43(38)44/h3-4,6-8,11-19,21-23,26-36,51-52H,9-10,24-25H2,1-2H3/b28-14-,37-16+. The first-order valence-corrected chi connectivity index (χ1v) is 21.5. The molecule has 3 aliphatic carbocycles. The number of hydrogen-bond acceptors (Lipinski definition) is 4. The van der Waals surface area contributed by atoms with Gasteiger partial charge in [0.2, 0.25) is 0 Å². The van der Waals surface area contributed by atoms with Crippen LogP contribution in [0.2, 0.25) is 0 Å². The molecule has 284 valence electrons. The number of rotatable bonds is 8. The molecule has 0 spiro atoms. The zero-order valence-electron chi connectivity index (χ0n) is 32.8. The van der Waals surface area contributed by atoms with Gasteiger partial charge in [-0.2, -0.15) is 0 Å². The summed E-state index contributed by atoms with van der Waals surface area (Å²) in [6, 6.07) is 43.8.